The molecule has 0 saturated heterocycles. The zero-order chi connectivity index (χ0) is 13.4. The van der Waals surface area contributed by atoms with Crippen LogP contribution in [-0.2, 0) is 6.42 Å². The van der Waals surface area contributed by atoms with Gasteiger partial charge in [-0.25, -0.2) is 0 Å². The maximum absolute atomic E-state index is 12.4. The predicted molar refractivity (Wildman–Crippen MR) is 77.5 cm³/mol. The second kappa shape index (κ2) is 4.70. The predicted octanol–water partition coefficient (Wildman–Crippen LogP) is 4.32. The van der Waals surface area contributed by atoms with Crippen molar-refractivity contribution >= 4 is 32.6 Å². The fourth-order valence-corrected chi connectivity index (χ4v) is 2.47. The molecule has 0 unspecified atom stereocenters. The second-order valence-electron chi connectivity index (χ2n) is 4.34. The highest BCUT2D eigenvalue weighted by molar-refractivity contribution is 9.10. The number of benzene rings is 1. The Morgan fingerprint density at radius 1 is 1.32 bits per heavy atom. The topological polar surface area (TPSA) is 46.0 Å². The van der Waals surface area contributed by atoms with E-state index in [4.69, 9.17) is 4.42 Å². The number of aromatic nitrogens is 1. The molecule has 0 saturated carbocycles. The van der Waals surface area contributed by atoms with E-state index in [1.165, 1.54) is 0 Å². The quantitative estimate of drug-likeness (QED) is 0.731. The molecule has 96 valence electrons. The third-order valence-corrected chi connectivity index (χ3v) is 3.62. The highest BCUT2D eigenvalue weighted by Crippen LogP contribution is 2.25. The van der Waals surface area contributed by atoms with E-state index >= 15 is 0 Å². The Balaban J connectivity index is 2.06. The average molecular weight is 318 g/mol. The van der Waals surface area contributed by atoms with Crippen molar-refractivity contribution in [1.82, 2.24) is 4.98 Å². The number of fused-ring (bicyclic) bond motifs is 1. The minimum Gasteiger partial charge on any atom is -0.458 e. The van der Waals surface area contributed by atoms with E-state index in [9.17, 15) is 4.79 Å². The van der Waals surface area contributed by atoms with Crippen LogP contribution in [0, 0.1) is 0 Å². The summed E-state index contributed by atoms with van der Waals surface area (Å²) in [5.74, 6) is 1.12. The molecule has 3 nitrogen and oxygen atoms in total. The van der Waals surface area contributed by atoms with Gasteiger partial charge in [0.1, 0.15) is 5.76 Å². The molecular formula is C15H12BrNO2. The van der Waals surface area contributed by atoms with Gasteiger partial charge in [-0.3, -0.25) is 4.79 Å². The minimum absolute atomic E-state index is 0.0896. The van der Waals surface area contributed by atoms with Gasteiger partial charge in [0, 0.05) is 28.0 Å². The molecule has 0 bridgehead atoms. The number of hydrogen-bond donors (Lipinski definition) is 1. The van der Waals surface area contributed by atoms with E-state index in [1.54, 1.807) is 12.3 Å². The van der Waals surface area contributed by atoms with Crippen LogP contribution in [0.15, 0.2) is 45.4 Å². The van der Waals surface area contributed by atoms with Crippen LogP contribution in [0.3, 0.4) is 0 Å². The van der Waals surface area contributed by atoms with E-state index in [1.807, 2.05) is 31.2 Å². The van der Waals surface area contributed by atoms with Gasteiger partial charge >= 0.3 is 0 Å². The molecule has 2 aromatic heterocycles. The molecule has 1 N–H and O–H groups in total. The van der Waals surface area contributed by atoms with E-state index in [0.717, 1.165) is 27.6 Å². The Morgan fingerprint density at radius 2 is 2.16 bits per heavy atom. The molecule has 3 aromatic rings. The number of nitrogens with one attached hydrogen (secondary N) is 1. The lowest BCUT2D eigenvalue weighted by atomic mass is 10.1. The SMILES string of the molecule is CCc1ccc(C(=O)c2c[nH]c3cc(Br)ccc23)o1. The molecule has 0 atom stereocenters. The van der Waals surface area contributed by atoms with Gasteiger partial charge in [0.2, 0.25) is 5.78 Å². The third-order valence-electron chi connectivity index (χ3n) is 3.12. The number of halogens is 1. The number of rotatable bonds is 3. The lowest BCUT2D eigenvalue weighted by molar-refractivity contribution is 0.101. The first-order valence-electron chi connectivity index (χ1n) is 6.09. The molecule has 2 heterocycles. The standard InChI is InChI=1S/C15H12BrNO2/c1-2-10-4-6-14(19-10)15(18)12-8-17-13-7-9(16)3-5-11(12)13/h3-8,17H,2H2,1H3. The molecule has 1 aromatic carbocycles. The van der Waals surface area contributed by atoms with Gasteiger partial charge in [0.05, 0.1) is 5.56 Å². The number of ketones is 1. The van der Waals surface area contributed by atoms with Crippen LogP contribution in [0.2, 0.25) is 0 Å². The Bertz CT molecular complexity index is 754. The van der Waals surface area contributed by atoms with E-state index in [2.05, 4.69) is 20.9 Å². The van der Waals surface area contributed by atoms with Gasteiger partial charge in [-0.1, -0.05) is 28.9 Å². The number of H-pyrrole nitrogens is 1. The molecule has 3 rings (SSSR count). The summed E-state index contributed by atoms with van der Waals surface area (Å²) in [7, 11) is 0. The molecule has 0 aliphatic carbocycles. The third kappa shape index (κ3) is 2.12. The van der Waals surface area contributed by atoms with Gasteiger partial charge in [0.25, 0.3) is 0 Å². The monoisotopic (exact) mass is 317 g/mol. The van der Waals surface area contributed by atoms with Gasteiger partial charge in [-0.2, -0.15) is 0 Å². The maximum Gasteiger partial charge on any atom is 0.230 e. The summed E-state index contributed by atoms with van der Waals surface area (Å²) in [6.07, 6.45) is 2.52. The van der Waals surface area contributed by atoms with Gasteiger partial charge < -0.3 is 9.40 Å². The van der Waals surface area contributed by atoms with Gasteiger partial charge in [-0.15, -0.1) is 0 Å². The Kier molecular flexibility index (Phi) is 3.03. The highest BCUT2D eigenvalue weighted by atomic mass is 79.9. The summed E-state index contributed by atoms with van der Waals surface area (Å²) in [4.78, 5) is 15.5. The number of aryl methyl sites for hydroxylation is 1. The number of aromatic amines is 1. The first kappa shape index (κ1) is 12.2. The van der Waals surface area contributed by atoms with Crippen molar-refractivity contribution in [2.75, 3.05) is 0 Å². The largest absolute Gasteiger partial charge is 0.458 e. The van der Waals surface area contributed by atoms with Crippen LogP contribution in [0.25, 0.3) is 10.9 Å². The van der Waals surface area contributed by atoms with Gasteiger partial charge in [-0.05, 0) is 24.3 Å². The molecule has 0 amide bonds. The molecule has 0 aliphatic heterocycles. The first-order valence-corrected chi connectivity index (χ1v) is 6.88. The van der Waals surface area contributed by atoms with Crippen molar-refractivity contribution < 1.29 is 9.21 Å². The molecule has 4 heteroatoms. The Hall–Kier alpha value is -1.81. The summed E-state index contributed by atoms with van der Waals surface area (Å²) < 4.78 is 6.50. The summed E-state index contributed by atoms with van der Waals surface area (Å²) >= 11 is 3.41. The van der Waals surface area contributed by atoms with E-state index in [0.29, 0.717) is 11.3 Å². The fourth-order valence-electron chi connectivity index (χ4n) is 2.11. The average Bonchev–Trinajstić information content (AvgIpc) is 3.03. The normalized spacial score (nSPS) is 11.1. The van der Waals surface area contributed by atoms with Crippen molar-refractivity contribution in [1.29, 1.82) is 0 Å². The summed E-state index contributed by atoms with van der Waals surface area (Å²) in [6, 6.07) is 9.38. The smallest absolute Gasteiger partial charge is 0.230 e. The van der Waals surface area contributed by atoms with Crippen molar-refractivity contribution in [3.8, 4) is 0 Å². The van der Waals surface area contributed by atoms with Crippen molar-refractivity contribution in [2.45, 2.75) is 13.3 Å². The highest BCUT2D eigenvalue weighted by Gasteiger charge is 2.17. The number of hydrogen-bond acceptors (Lipinski definition) is 2. The number of carbonyl (C=O) groups excluding carboxylic acids is 1. The van der Waals surface area contributed by atoms with Crippen molar-refractivity contribution in [2.24, 2.45) is 0 Å². The zero-order valence-corrected chi connectivity index (χ0v) is 12.0. The molecule has 0 spiro atoms. The summed E-state index contributed by atoms with van der Waals surface area (Å²) in [5, 5.41) is 0.905. The van der Waals surface area contributed by atoms with Crippen LogP contribution in [0.4, 0.5) is 0 Å². The Labute approximate surface area is 118 Å². The molecule has 19 heavy (non-hydrogen) atoms. The molecule has 0 fully saturated rings. The Morgan fingerprint density at radius 3 is 2.89 bits per heavy atom. The van der Waals surface area contributed by atoms with Crippen LogP contribution in [-0.4, -0.2) is 10.8 Å². The number of furan rings is 1. The van der Waals surface area contributed by atoms with Crippen molar-refractivity contribution in [3.63, 3.8) is 0 Å². The fraction of sp³-hybridized carbons (Fsp3) is 0.133. The minimum atomic E-state index is -0.0896. The molecule has 0 radical (unpaired) electrons. The first-order chi connectivity index (χ1) is 9.19. The van der Waals surface area contributed by atoms with Crippen LogP contribution in [0.5, 0.6) is 0 Å². The van der Waals surface area contributed by atoms with Gasteiger partial charge in [0.15, 0.2) is 5.76 Å². The molecule has 0 aliphatic rings. The van der Waals surface area contributed by atoms with Crippen LogP contribution >= 0.6 is 15.9 Å². The zero-order valence-electron chi connectivity index (χ0n) is 10.4. The summed E-state index contributed by atoms with van der Waals surface area (Å²) in [6.45, 7) is 2.00. The van der Waals surface area contributed by atoms with Crippen molar-refractivity contribution in [3.05, 3.63) is 58.1 Å². The lowest BCUT2D eigenvalue weighted by Crippen LogP contribution is -1.98. The van der Waals surface area contributed by atoms with E-state index in [-0.39, 0.29) is 5.78 Å². The van der Waals surface area contributed by atoms with Crippen LogP contribution in [0.1, 0.15) is 28.8 Å². The van der Waals surface area contributed by atoms with E-state index < -0.39 is 0 Å². The maximum atomic E-state index is 12.4. The second-order valence-corrected chi connectivity index (χ2v) is 5.26. The van der Waals surface area contributed by atoms with Crippen LogP contribution < -0.4 is 0 Å². The molecular weight excluding hydrogens is 306 g/mol. The number of carbonyl (C=O) groups is 1. The summed E-state index contributed by atoms with van der Waals surface area (Å²) in [5.41, 5.74) is 1.57. The lowest BCUT2D eigenvalue weighted by Gasteiger charge is -1.97.